The lowest BCUT2D eigenvalue weighted by atomic mass is 9.85. The summed E-state index contributed by atoms with van der Waals surface area (Å²) in [5, 5.41) is 14.4. The van der Waals surface area contributed by atoms with Gasteiger partial charge in [0.1, 0.15) is 11.4 Å². The van der Waals surface area contributed by atoms with Crippen molar-refractivity contribution in [3.05, 3.63) is 58.6 Å². The van der Waals surface area contributed by atoms with Crippen LogP contribution in [-0.4, -0.2) is 58.8 Å². The Kier molecular flexibility index (Phi) is 9.64. The number of amides is 1. The zero-order valence-corrected chi connectivity index (χ0v) is 21.5. The lowest BCUT2D eigenvalue weighted by molar-refractivity contribution is 0.0772. The molecule has 4 rings (SSSR count). The number of aromatic nitrogens is 1. The van der Waals surface area contributed by atoms with Crippen LogP contribution < -0.4 is 20.5 Å². The van der Waals surface area contributed by atoms with E-state index < -0.39 is 0 Å². The molecule has 2 heterocycles. The Labute approximate surface area is 209 Å². The van der Waals surface area contributed by atoms with Crippen molar-refractivity contribution in [2.45, 2.75) is 65.1 Å². The molecule has 2 fully saturated rings. The Bertz CT molecular complexity index is 1120. The molecule has 1 atom stereocenters. The minimum atomic E-state index is -0.214. The highest BCUT2D eigenvalue weighted by molar-refractivity contribution is 5.93. The standard InChI is InChI=1S/C27H33N3O3.C2H6/c1-4-6-7-24-18(3)14-25(19-8-10-23(11-9-19)33-5-2)29-26(24)27(32)28-20-15-21(16-20)30-13-12-22(31)17-30;1-2/h4,6-11,14,20-22,31H,3,5,12-13,15-17H2,1-2H3,(H,28,32);1-2H3/b6-4-,24-7+;. The summed E-state index contributed by atoms with van der Waals surface area (Å²) < 4.78 is 5.53. The van der Waals surface area contributed by atoms with Crippen LogP contribution in [0.3, 0.4) is 0 Å². The number of hydrogen-bond acceptors (Lipinski definition) is 5. The molecule has 188 valence electrons. The number of aliphatic hydroxyl groups is 1. The number of rotatable bonds is 7. The van der Waals surface area contributed by atoms with Crippen molar-refractivity contribution in [3.8, 4) is 17.0 Å². The fraction of sp³-hybridized carbons (Fsp3) is 0.448. The molecule has 1 saturated heterocycles. The van der Waals surface area contributed by atoms with Crippen molar-refractivity contribution in [2.24, 2.45) is 0 Å². The van der Waals surface area contributed by atoms with Crippen molar-refractivity contribution in [1.29, 1.82) is 0 Å². The second-order valence-electron chi connectivity index (χ2n) is 8.81. The van der Waals surface area contributed by atoms with Gasteiger partial charge in [0.15, 0.2) is 0 Å². The monoisotopic (exact) mass is 477 g/mol. The van der Waals surface area contributed by atoms with Gasteiger partial charge in [0.2, 0.25) is 0 Å². The normalized spacial score (nSPS) is 22.4. The van der Waals surface area contributed by atoms with Gasteiger partial charge in [-0.25, -0.2) is 4.98 Å². The molecule has 2 aliphatic rings. The molecule has 1 unspecified atom stereocenters. The molecule has 1 aromatic carbocycles. The maximum Gasteiger partial charge on any atom is 0.270 e. The van der Waals surface area contributed by atoms with E-state index in [-0.39, 0.29) is 18.1 Å². The summed E-state index contributed by atoms with van der Waals surface area (Å²) in [4.78, 5) is 20.3. The van der Waals surface area contributed by atoms with E-state index in [0.717, 1.165) is 54.1 Å². The third kappa shape index (κ3) is 6.59. The fourth-order valence-corrected chi connectivity index (χ4v) is 4.55. The van der Waals surface area contributed by atoms with E-state index >= 15 is 0 Å². The average Bonchev–Trinajstić information content (AvgIpc) is 3.27. The van der Waals surface area contributed by atoms with E-state index in [1.165, 1.54) is 0 Å². The number of carbonyl (C=O) groups is 1. The van der Waals surface area contributed by atoms with Crippen LogP contribution in [0, 0.1) is 0 Å². The Morgan fingerprint density at radius 3 is 2.60 bits per heavy atom. The van der Waals surface area contributed by atoms with Gasteiger partial charge in [0.25, 0.3) is 5.91 Å². The highest BCUT2D eigenvalue weighted by atomic mass is 16.5. The van der Waals surface area contributed by atoms with Crippen LogP contribution in [0.4, 0.5) is 0 Å². The second-order valence-corrected chi connectivity index (χ2v) is 8.81. The van der Waals surface area contributed by atoms with Gasteiger partial charge >= 0.3 is 0 Å². The topological polar surface area (TPSA) is 74.7 Å². The number of ether oxygens (including phenoxy) is 1. The molecule has 1 aliphatic carbocycles. The van der Waals surface area contributed by atoms with Gasteiger partial charge in [-0.05, 0) is 68.7 Å². The number of aliphatic hydroxyl groups excluding tert-OH is 1. The van der Waals surface area contributed by atoms with Gasteiger partial charge in [-0.2, -0.15) is 0 Å². The summed E-state index contributed by atoms with van der Waals surface area (Å²) in [6.45, 7) is 14.4. The molecule has 35 heavy (non-hydrogen) atoms. The number of nitrogens with zero attached hydrogens (tertiary/aromatic N) is 2. The van der Waals surface area contributed by atoms with Crippen molar-refractivity contribution < 1.29 is 14.6 Å². The van der Waals surface area contributed by atoms with Gasteiger partial charge in [0.05, 0.1) is 18.4 Å². The van der Waals surface area contributed by atoms with E-state index in [4.69, 9.17) is 9.72 Å². The van der Waals surface area contributed by atoms with Crippen LogP contribution in [-0.2, 0) is 0 Å². The SMILES string of the molecule is C=c1cc(-c2ccc(OCC)cc2)nc(C(=O)NC2CC(N3CCC(O)C3)C2)/c1=C/C=C\C.CC. The van der Waals surface area contributed by atoms with E-state index in [1.54, 1.807) is 0 Å². The molecule has 6 heteroatoms. The van der Waals surface area contributed by atoms with Gasteiger partial charge in [0, 0.05) is 36.0 Å². The van der Waals surface area contributed by atoms with Gasteiger partial charge in [-0.1, -0.05) is 38.7 Å². The number of likely N-dealkylation sites (tertiary alicyclic amines) is 1. The number of hydrogen-bond donors (Lipinski definition) is 2. The van der Waals surface area contributed by atoms with Crippen molar-refractivity contribution in [3.63, 3.8) is 0 Å². The summed E-state index contributed by atoms with van der Waals surface area (Å²) >= 11 is 0. The molecule has 1 aromatic heterocycles. The quantitative estimate of drug-likeness (QED) is 0.640. The Morgan fingerprint density at radius 1 is 1.29 bits per heavy atom. The summed E-state index contributed by atoms with van der Waals surface area (Å²) in [6.07, 6.45) is 8.14. The molecule has 0 radical (unpaired) electrons. The molecule has 0 bridgehead atoms. The largest absolute Gasteiger partial charge is 0.494 e. The van der Waals surface area contributed by atoms with Gasteiger partial charge in [-0.3, -0.25) is 9.69 Å². The minimum Gasteiger partial charge on any atom is -0.494 e. The van der Waals surface area contributed by atoms with Crippen LogP contribution in [0.5, 0.6) is 5.75 Å². The highest BCUT2D eigenvalue weighted by Gasteiger charge is 2.37. The maximum absolute atomic E-state index is 13.3. The van der Waals surface area contributed by atoms with Crippen LogP contribution in [0.1, 0.15) is 57.4 Å². The first kappa shape index (κ1) is 26.6. The van der Waals surface area contributed by atoms with E-state index in [2.05, 4.69) is 16.8 Å². The van der Waals surface area contributed by atoms with Crippen LogP contribution >= 0.6 is 0 Å². The van der Waals surface area contributed by atoms with Crippen LogP contribution in [0.2, 0.25) is 0 Å². The number of pyridine rings is 1. The smallest absolute Gasteiger partial charge is 0.270 e. The van der Waals surface area contributed by atoms with E-state index in [9.17, 15) is 9.90 Å². The predicted octanol–water partition coefficient (Wildman–Crippen LogP) is 3.27. The Balaban J connectivity index is 0.00000167. The van der Waals surface area contributed by atoms with Gasteiger partial charge < -0.3 is 15.2 Å². The maximum atomic E-state index is 13.3. The van der Waals surface area contributed by atoms with Crippen molar-refractivity contribution in [2.75, 3.05) is 19.7 Å². The molecule has 1 amide bonds. The first-order chi connectivity index (χ1) is 17.0. The number of β-amino-alcohol motifs (C(OH)–C–C–N with tert-alkyl or cyclic N) is 1. The van der Waals surface area contributed by atoms with Crippen molar-refractivity contribution >= 4 is 18.6 Å². The molecule has 1 saturated carbocycles. The molecule has 0 spiro atoms. The lowest BCUT2D eigenvalue weighted by Crippen LogP contribution is -2.54. The molecular formula is C29H39N3O3. The molecular weight excluding hydrogens is 438 g/mol. The fourth-order valence-electron chi connectivity index (χ4n) is 4.55. The third-order valence-electron chi connectivity index (χ3n) is 6.44. The zero-order chi connectivity index (χ0) is 25.4. The Morgan fingerprint density at radius 2 is 2.00 bits per heavy atom. The van der Waals surface area contributed by atoms with Crippen molar-refractivity contribution in [1.82, 2.24) is 15.2 Å². The zero-order valence-electron chi connectivity index (χ0n) is 21.5. The first-order valence-electron chi connectivity index (χ1n) is 12.8. The van der Waals surface area contributed by atoms with Gasteiger partial charge in [-0.15, -0.1) is 0 Å². The minimum absolute atomic E-state index is 0.124. The summed E-state index contributed by atoms with van der Waals surface area (Å²) in [5.41, 5.74) is 2.01. The van der Waals surface area contributed by atoms with Crippen LogP contribution in [0.25, 0.3) is 23.9 Å². The number of allylic oxidation sites excluding steroid dienone is 2. The number of benzene rings is 1. The molecule has 6 nitrogen and oxygen atoms in total. The number of nitrogens with one attached hydrogen (secondary N) is 1. The third-order valence-corrected chi connectivity index (χ3v) is 6.44. The predicted molar refractivity (Wildman–Crippen MR) is 143 cm³/mol. The second kappa shape index (κ2) is 12.7. The van der Waals surface area contributed by atoms with E-state index in [0.29, 0.717) is 24.0 Å². The van der Waals surface area contributed by atoms with Crippen LogP contribution in [0.15, 0.2) is 42.5 Å². The molecule has 2 N–H and O–H groups in total. The Hall–Kier alpha value is -2.96. The summed E-state index contributed by atoms with van der Waals surface area (Å²) in [7, 11) is 0. The summed E-state index contributed by atoms with van der Waals surface area (Å²) in [5.74, 6) is 0.630. The first-order valence-corrected chi connectivity index (χ1v) is 12.8. The molecule has 2 aromatic rings. The number of carbonyl (C=O) groups excluding carboxylic acids is 1. The lowest BCUT2D eigenvalue weighted by Gasteiger charge is -2.41. The summed E-state index contributed by atoms with van der Waals surface area (Å²) in [6, 6.07) is 10.2. The highest BCUT2D eigenvalue weighted by Crippen LogP contribution is 2.29. The molecule has 1 aliphatic heterocycles. The average molecular weight is 478 g/mol. The van der Waals surface area contributed by atoms with E-state index in [1.807, 2.05) is 76.3 Å².